The number of phenolic OH excluding ortho intramolecular Hbond substituents is 1. The van der Waals surface area contributed by atoms with Crippen LogP contribution in [0.1, 0.15) is 22.7 Å². The number of aliphatic hydroxyl groups excluding tert-OH is 1. The lowest BCUT2D eigenvalue weighted by molar-refractivity contribution is -0.132. The van der Waals surface area contributed by atoms with Gasteiger partial charge in [-0.2, -0.15) is 0 Å². The summed E-state index contributed by atoms with van der Waals surface area (Å²) in [5, 5.41) is 21.8. The van der Waals surface area contributed by atoms with Crippen LogP contribution in [-0.4, -0.2) is 21.9 Å². The minimum atomic E-state index is -0.904. The van der Waals surface area contributed by atoms with Gasteiger partial charge >= 0.3 is 0 Å². The number of ketones is 1. The zero-order valence-corrected chi connectivity index (χ0v) is 16.8. The number of amides is 1. The molecule has 1 fully saturated rings. The van der Waals surface area contributed by atoms with E-state index in [0.29, 0.717) is 16.1 Å². The Balaban J connectivity index is 2.01. The molecule has 3 aromatic rings. The van der Waals surface area contributed by atoms with E-state index in [4.69, 9.17) is 11.6 Å². The number of anilines is 1. The minimum absolute atomic E-state index is 0.0557. The first kappa shape index (κ1) is 19.7. The van der Waals surface area contributed by atoms with Gasteiger partial charge in [-0.25, -0.2) is 0 Å². The van der Waals surface area contributed by atoms with Gasteiger partial charge in [-0.3, -0.25) is 14.5 Å². The van der Waals surface area contributed by atoms with E-state index >= 15 is 0 Å². The molecule has 1 unspecified atom stereocenters. The molecular formula is C24H18ClNO4. The molecule has 1 aliphatic heterocycles. The highest BCUT2D eigenvalue weighted by Gasteiger charge is 2.48. The molecule has 1 aliphatic rings. The van der Waals surface area contributed by atoms with Crippen molar-refractivity contribution >= 4 is 34.7 Å². The number of para-hydroxylation sites is 2. The van der Waals surface area contributed by atoms with Crippen molar-refractivity contribution in [3.63, 3.8) is 0 Å². The summed E-state index contributed by atoms with van der Waals surface area (Å²) >= 11 is 6.06. The van der Waals surface area contributed by atoms with Crippen molar-refractivity contribution in [2.75, 3.05) is 4.90 Å². The summed E-state index contributed by atoms with van der Waals surface area (Å²) in [5.74, 6) is -2.11. The fourth-order valence-electron chi connectivity index (χ4n) is 3.73. The van der Waals surface area contributed by atoms with Crippen LogP contribution in [0.5, 0.6) is 5.75 Å². The molecule has 0 aliphatic carbocycles. The number of hydrogen-bond donors (Lipinski definition) is 2. The normalized spacial score (nSPS) is 18.1. The topological polar surface area (TPSA) is 77.8 Å². The molecule has 3 aromatic carbocycles. The highest BCUT2D eigenvalue weighted by atomic mass is 35.5. The third-order valence-corrected chi connectivity index (χ3v) is 5.40. The first-order valence-electron chi connectivity index (χ1n) is 9.30. The molecule has 2 N–H and O–H groups in total. The van der Waals surface area contributed by atoms with Gasteiger partial charge in [0.25, 0.3) is 11.7 Å². The average Bonchev–Trinajstić information content (AvgIpc) is 2.99. The monoisotopic (exact) mass is 419 g/mol. The number of phenols is 1. The predicted molar refractivity (Wildman–Crippen MR) is 116 cm³/mol. The number of carbonyl (C=O) groups excluding carboxylic acids is 2. The molecule has 1 atom stereocenters. The number of aromatic hydroxyl groups is 1. The molecule has 6 heteroatoms. The van der Waals surface area contributed by atoms with Crippen LogP contribution in [0, 0.1) is 6.92 Å². The summed E-state index contributed by atoms with van der Waals surface area (Å²) < 4.78 is 0. The van der Waals surface area contributed by atoms with Crippen LogP contribution in [-0.2, 0) is 9.59 Å². The third kappa shape index (κ3) is 3.23. The van der Waals surface area contributed by atoms with Gasteiger partial charge in [0.15, 0.2) is 0 Å². The summed E-state index contributed by atoms with van der Waals surface area (Å²) in [5.41, 5.74) is 1.97. The van der Waals surface area contributed by atoms with Crippen LogP contribution in [0.4, 0.5) is 5.69 Å². The number of rotatable bonds is 3. The van der Waals surface area contributed by atoms with Gasteiger partial charge in [0.05, 0.1) is 17.3 Å². The fraction of sp³-hybridized carbons (Fsp3) is 0.0833. The maximum absolute atomic E-state index is 13.1. The highest BCUT2D eigenvalue weighted by molar-refractivity contribution is 6.52. The van der Waals surface area contributed by atoms with E-state index in [9.17, 15) is 19.8 Å². The Bertz CT molecular complexity index is 1200. The number of nitrogens with zero attached hydrogens (tertiary/aromatic N) is 1. The van der Waals surface area contributed by atoms with E-state index in [1.54, 1.807) is 48.5 Å². The Morgan fingerprint density at radius 2 is 1.67 bits per heavy atom. The summed E-state index contributed by atoms with van der Waals surface area (Å²) in [6, 6.07) is 19.1. The maximum Gasteiger partial charge on any atom is 0.300 e. The zero-order valence-electron chi connectivity index (χ0n) is 16.0. The summed E-state index contributed by atoms with van der Waals surface area (Å²) in [6.45, 7) is 1.86. The molecule has 1 saturated heterocycles. The second-order valence-electron chi connectivity index (χ2n) is 7.02. The number of benzene rings is 3. The molecule has 1 heterocycles. The van der Waals surface area contributed by atoms with Crippen molar-refractivity contribution in [3.8, 4) is 5.75 Å². The van der Waals surface area contributed by atoms with Gasteiger partial charge in [-0.1, -0.05) is 60.1 Å². The average molecular weight is 420 g/mol. The molecule has 0 saturated carbocycles. The number of Topliss-reactive ketones (excluding diaryl/α,β-unsaturated/α-hetero) is 1. The number of aliphatic hydroxyl groups is 1. The Morgan fingerprint density at radius 3 is 2.37 bits per heavy atom. The van der Waals surface area contributed by atoms with E-state index in [1.807, 2.05) is 19.1 Å². The van der Waals surface area contributed by atoms with Gasteiger partial charge in [0.2, 0.25) is 0 Å². The van der Waals surface area contributed by atoms with E-state index in [2.05, 4.69) is 0 Å². The van der Waals surface area contributed by atoms with Crippen molar-refractivity contribution in [1.29, 1.82) is 0 Å². The fourth-order valence-corrected chi connectivity index (χ4v) is 3.92. The Hall–Kier alpha value is -3.57. The van der Waals surface area contributed by atoms with E-state index in [1.165, 1.54) is 17.0 Å². The van der Waals surface area contributed by atoms with Crippen LogP contribution < -0.4 is 4.90 Å². The van der Waals surface area contributed by atoms with Crippen LogP contribution in [0.25, 0.3) is 5.76 Å². The lowest BCUT2D eigenvalue weighted by Crippen LogP contribution is -2.29. The first-order valence-corrected chi connectivity index (χ1v) is 9.68. The van der Waals surface area contributed by atoms with Crippen molar-refractivity contribution < 1.29 is 19.8 Å². The summed E-state index contributed by atoms with van der Waals surface area (Å²) in [7, 11) is 0. The van der Waals surface area contributed by atoms with Crippen LogP contribution in [0.15, 0.2) is 78.4 Å². The number of halogens is 1. The molecule has 4 rings (SSSR count). The maximum atomic E-state index is 13.1. The molecule has 30 heavy (non-hydrogen) atoms. The SMILES string of the molecule is Cc1ccccc1C1/C(=C(\O)c2cccc(Cl)c2)C(=O)C(=O)N1c1ccccc1O. The van der Waals surface area contributed by atoms with Crippen LogP contribution in [0.3, 0.4) is 0 Å². The Labute approximate surface area is 178 Å². The molecule has 150 valence electrons. The van der Waals surface area contributed by atoms with Crippen LogP contribution >= 0.6 is 11.6 Å². The lowest BCUT2D eigenvalue weighted by atomic mass is 9.92. The van der Waals surface area contributed by atoms with Crippen molar-refractivity contribution in [2.45, 2.75) is 13.0 Å². The molecule has 0 aromatic heterocycles. The van der Waals surface area contributed by atoms with Gasteiger partial charge in [0, 0.05) is 10.6 Å². The summed E-state index contributed by atoms with van der Waals surface area (Å²) in [6.07, 6.45) is 0. The van der Waals surface area contributed by atoms with E-state index < -0.39 is 17.7 Å². The van der Waals surface area contributed by atoms with E-state index in [-0.39, 0.29) is 22.8 Å². The van der Waals surface area contributed by atoms with Crippen LogP contribution in [0.2, 0.25) is 5.02 Å². The number of carbonyl (C=O) groups is 2. The second-order valence-corrected chi connectivity index (χ2v) is 7.46. The van der Waals surface area contributed by atoms with Gasteiger partial charge in [-0.05, 0) is 42.3 Å². The number of hydrogen-bond acceptors (Lipinski definition) is 4. The van der Waals surface area contributed by atoms with Crippen molar-refractivity contribution in [2.24, 2.45) is 0 Å². The quantitative estimate of drug-likeness (QED) is 0.356. The largest absolute Gasteiger partial charge is 0.507 e. The smallest absolute Gasteiger partial charge is 0.300 e. The minimum Gasteiger partial charge on any atom is -0.507 e. The molecule has 0 bridgehead atoms. The van der Waals surface area contributed by atoms with Gasteiger partial charge < -0.3 is 10.2 Å². The van der Waals surface area contributed by atoms with Gasteiger partial charge in [-0.15, -0.1) is 0 Å². The molecule has 5 nitrogen and oxygen atoms in total. The van der Waals surface area contributed by atoms with Crippen molar-refractivity contribution in [3.05, 3.63) is 100 Å². The van der Waals surface area contributed by atoms with Gasteiger partial charge in [0.1, 0.15) is 11.5 Å². The standard InChI is InChI=1S/C24H18ClNO4/c1-14-7-2-3-10-17(14)21-20(22(28)15-8-6-9-16(25)13-15)23(29)24(30)26(21)18-11-4-5-12-19(18)27/h2-13,21,27-28H,1H3/b22-20+. The molecule has 0 radical (unpaired) electrons. The molecule has 1 amide bonds. The second kappa shape index (κ2) is 7.69. The molecular weight excluding hydrogens is 402 g/mol. The lowest BCUT2D eigenvalue weighted by Gasteiger charge is -2.27. The Kier molecular flexibility index (Phi) is 5.06. The number of aryl methyl sites for hydroxylation is 1. The third-order valence-electron chi connectivity index (χ3n) is 5.17. The summed E-state index contributed by atoms with van der Waals surface area (Å²) in [4.78, 5) is 27.4. The first-order chi connectivity index (χ1) is 14.4. The van der Waals surface area contributed by atoms with E-state index in [0.717, 1.165) is 5.56 Å². The molecule has 0 spiro atoms. The Morgan fingerprint density at radius 1 is 0.967 bits per heavy atom. The predicted octanol–water partition coefficient (Wildman–Crippen LogP) is 4.98. The highest BCUT2D eigenvalue weighted by Crippen LogP contribution is 2.45. The zero-order chi connectivity index (χ0) is 21.4. The van der Waals surface area contributed by atoms with Crippen molar-refractivity contribution in [1.82, 2.24) is 0 Å².